The maximum Gasteiger partial charge on any atom is 0.308 e. The van der Waals surface area contributed by atoms with E-state index in [2.05, 4.69) is 10.3 Å². The number of nitrogens with one attached hydrogen (secondary N) is 1. The van der Waals surface area contributed by atoms with Crippen molar-refractivity contribution in [2.24, 2.45) is 0 Å². The lowest BCUT2D eigenvalue weighted by atomic mass is 10.2. The summed E-state index contributed by atoms with van der Waals surface area (Å²) in [7, 11) is 0. The highest BCUT2D eigenvalue weighted by molar-refractivity contribution is 6.29. The smallest absolute Gasteiger partial charge is 0.308 e. The number of carbonyl (C=O) groups excluding carboxylic acids is 1. The number of rotatable bonds is 4. The predicted molar refractivity (Wildman–Crippen MR) is 68.2 cm³/mol. The number of ether oxygens (including phenoxy) is 1. The van der Waals surface area contributed by atoms with Crippen molar-refractivity contribution in [3.63, 3.8) is 0 Å². The Bertz CT molecular complexity index is 388. The largest absolute Gasteiger partial charge is 0.460 e. The first kappa shape index (κ1) is 13.8. The van der Waals surface area contributed by atoms with Crippen molar-refractivity contribution in [3.8, 4) is 0 Å². The number of nitrogens with zero attached hydrogens (tertiary/aromatic N) is 1. The summed E-state index contributed by atoms with van der Waals surface area (Å²) in [4.78, 5) is 15.5. The van der Waals surface area contributed by atoms with E-state index in [0.717, 1.165) is 0 Å². The Labute approximate surface area is 106 Å². The van der Waals surface area contributed by atoms with Gasteiger partial charge in [-0.25, -0.2) is 4.98 Å². The minimum absolute atomic E-state index is 0.230. The van der Waals surface area contributed by atoms with E-state index in [-0.39, 0.29) is 5.97 Å². The van der Waals surface area contributed by atoms with Crippen LogP contribution in [0.25, 0.3) is 0 Å². The summed E-state index contributed by atoms with van der Waals surface area (Å²) < 4.78 is 5.17. The molecule has 5 heteroatoms. The van der Waals surface area contributed by atoms with E-state index in [9.17, 15) is 4.79 Å². The van der Waals surface area contributed by atoms with Crippen LogP contribution in [0.3, 0.4) is 0 Å². The molecule has 0 fully saturated rings. The third-order valence-electron chi connectivity index (χ3n) is 1.77. The van der Waals surface area contributed by atoms with Crippen LogP contribution in [0.4, 0.5) is 5.82 Å². The fourth-order valence-corrected chi connectivity index (χ4v) is 1.36. The molecule has 1 heterocycles. The van der Waals surface area contributed by atoms with Crippen LogP contribution < -0.4 is 5.32 Å². The van der Waals surface area contributed by atoms with Crippen LogP contribution in [-0.2, 0) is 9.53 Å². The fourth-order valence-electron chi connectivity index (χ4n) is 1.19. The highest BCUT2D eigenvalue weighted by Gasteiger charge is 2.15. The molecule has 0 saturated heterocycles. The number of hydrogen-bond acceptors (Lipinski definition) is 4. The third-order valence-corrected chi connectivity index (χ3v) is 1.98. The van der Waals surface area contributed by atoms with Gasteiger partial charge >= 0.3 is 5.97 Å². The number of anilines is 1. The molecule has 17 heavy (non-hydrogen) atoms. The minimum Gasteiger partial charge on any atom is -0.460 e. The van der Waals surface area contributed by atoms with Crippen molar-refractivity contribution in [1.29, 1.82) is 0 Å². The molecule has 1 aromatic rings. The van der Waals surface area contributed by atoms with Crippen molar-refractivity contribution in [2.45, 2.75) is 32.8 Å². The molecular formula is C12H17ClN2O2. The monoisotopic (exact) mass is 256 g/mol. The van der Waals surface area contributed by atoms with Crippen molar-refractivity contribution in [2.75, 3.05) is 11.9 Å². The Hall–Kier alpha value is -1.29. The number of aromatic nitrogens is 1. The first-order chi connectivity index (χ1) is 7.87. The molecule has 0 unspecified atom stereocenters. The Morgan fingerprint density at radius 2 is 2.18 bits per heavy atom. The van der Waals surface area contributed by atoms with E-state index < -0.39 is 5.60 Å². The van der Waals surface area contributed by atoms with Crippen LogP contribution in [0.1, 0.15) is 27.2 Å². The minimum atomic E-state index is -0.439. The van der Waals surface area contributed by atoms with Crippen LogP contribution in [0, 0.1) is 0 Å². The zero-order valence-electron chi connectivity index (χ0n) is 10.3. The summed E-state index contributed by atoms with van der Waals surface area (Å²) in [5, 5.41) is 3.43. The third kappa shape index (κ3) is 6.12. The fraction of sp³-hybridized carbons (Fsp3) is 0.500. The van der Waals surface area contributed by atoms with Crippen LogP contribution in [0.15, 0.2) is 18.2 Å². The van der Waals surface area contributed by atoms with Crippen LogP contribution in [0.5, 0.6) is 0 Å². The Kier molecular flexibility index (Phi) is 4.75. The Balaban J connectivity index is 2.31. The second kappa shape index (κ2) is 5.87. The molecule has 0 aliphatic carbocycles. The molecule has 1 rings (SSSR count). The second-order valence-electron chi connectivity index (χ2n) is 4.61. The molecule has 4 nitrogen and oxygen atoms in total. The van der Waals surface area contributed by atoms with Crippen molar-refractivity contribution in [3.05, 3.63) is 23.4 Å². The van der Waals surface area contributed by atoms with Gasteiger partial charge in [-0.3, -0.25) is 4.79 Å². The van der Waals surface area contributed by atoms with E-state index in [1.165, 1.54) is 0 Å². The SMILES string of the molecule is CC(C)(C)OC(=O)CCNc1cccc(Cl)n1. The summed E-state index contributed by atoms with van der Waals surface area (Å²) in [6.45, 7) is 6.01. The summed E-state index contributed by atoms with van der Waals surface area (Å²) >= 11 is 5.73. The molecule has 0 aliphatic rings. The molecular weight excluding hydrogens is 240 g/mol. The van der Waals surface area contributed by atoms with Gasteiger partial charge in [0, 0.05) is 6.54 Å². The average molecular weight is 257 g/mol. The number of halogens is 1. The molecule has 1 N–H and O–H groups in total. The maximum atomic E-state index is 11.4. The van der Waals surface area contributed by atoms with Gasteiger partial charge in [0.1, 0.15) is 16.6 Å². The van der Waals surface area contributed by atoms with Gasteiger partial charge in [0.15, 0.2) is 0 Å². The highest BCUT2D eigenvalue weighted by atomic mass is 35.5. The van der Waals surface area contributed by atoms with Gasteiger partial charge in [-0.2, -0.15) is 0 Å². The van der Waals surface area contributed by atoms with E-state index in [1.807, 2.05) is 20.8 Å². The quantitative estimate of drug-likeness (QED) is 0.665. The second-order valence-corrected chi connectivity index (χ2v) is 5.00. The van der Waals surface area contributed by atoms with Gasteiger partial charge in [-0.05, 0) is 32.9 Å². The topological polar surface area (TPSA) is 51.2 Å². The molecule has 1 aromatic heterocycles. The maximum absolute atomic E-state index is 11.4. The lowest BCUT2D eigenvalue weighted by Crippen LogP contribution is -2.25. The molecule has 0 amide bonds. The number of hydrogen-bond donors (Lipinski definition) is 1. The van der Waals surface area contributed by atoms with Gasteiger partial charge in [-0.15, -0.1) is 0 Å². The van der Waals surface area contributed by atoms with Crippen molar-refractivity contribution >= 4 is 23.4 Å². The molecule has 0 radical (unpaired) electrons. The molecule has 94 valence electrons. The number of pyridine rings is 1. The van der Waals surface area contributed by atoms with E-state index in [4.69, 9.17) is 16.3 Å². The Morgan fingerprint density at radius 1 is 1.47 bits per heavy atom. The zero-order valence-corrected chi connectivity index (χ0v) is 11.0. The van der Waals surface area contributed by atoms with Gasteiger partial charge in [-0.1, -0.05) is 17.7 Å². The average Bonchev–Trinajstić information content (AvgIpc) is 2.14. The first-order valence-electron chi connectivity index (χ1n) is 5.45. The first-order valence-corrected chi connectivity index (χ1v) is 5.83. The lowest BCUT2D eigenvalue weighted by Gasteiger charge is -2.19. The van der Waals surface area contributed by atoms with Crippen molar-refractivity contribution < 1.29 is 9.53 Å². The van der Waals surface area contributed by atoms with E-state index >= 15 is 0 Å². The summed E-state index contributed by atoms with van der Waals surface area (Å²) in [6, 6.07) is 5.28. The van der Waals surface area contributed by atoms with Gasteiger partial charge in [0.05, 0.1) is 6.42 Å². The Morgan fingerprint density at radius 3 is 2.76 bits per heavy atom. The standard InChI is InChI=1S/C12H17ClN2O2/c1-12(2,3)17-11(16)7-8-14-10-6-4-5-9(13)15-10/h4-6H,7-8H2,1-3H3,(H,14,15). The number of esters is 1. The summed E-state index contributed by atoms with van der Waals surface area (Å²) in [5.41, 5.74) is -0.439. The summed E-state index contributed by atoms with van der Waals surface area (Å²) in [6.07, 6.45) is 0.297. The highest BCUT2D eigenvalue weighted by Crippen LogP contribution is 2.10. The van der Waals surface area contributed by atoms with Crippen molar-refractivity contribution in [1.82, 2.24) is 4.98 Å². The molecule has 0 saturated carbocycles. The van der Waals surface area contributed by atoms with Gasteiger partial charge in [0.25, 0.3) is 0 Å². The van der Waals surface area contributed by atoms with Gasteiger partial charge < -0.3 is 10.1 Å². The predicted octanol–water partition coefficient (Wildman–Crippen LogP) is 2.88. The van der Waals surface area contributed by atoms with Crippen LogP contribution in [0.2, 0.25) is 5.15 Å². The molecule has 0 atom stereocenters. The molecule has 0 aliphatic heterocycles. The number of carbonyl (C=O) groups is 1. The normalized spacial score (nSPS) is 11.1. The van der Waals surface area contributed by atoms with Gasteiger partial charge in [0.2, 0.25) is 0 Å². The van der Waals surface area contributed by atoms with Crippen LogP contribution in [-0.4, -0.2) is 23.1 Å². The van der Waals surface area contributed by atoms with E-state index in [0.29, 0.717) is 23.9 Å². The van der Waals surface area contributed by atoms with Crippen LogP contribution >= 0.6 is 11.6 Å². The van der Waals surface area contributed by atoms with E-state index in [1.54, 1.807) is 18.2 Å². The lowest BCUT2D eigenvalue weighted by molar-refractivity contribution is -0.154. The molecule has 0 aromatic carbocycles. The molecule has 0 bridgehead atoms. The summed E-state index contributed by atoms with van der Waals surface area (Å²) in [5.74, 6) is 0.424. The zero-order chi connectivity index (χ0) is 12.9. The molecule has 0 spiro atoms.